The highest BCUT2D eigenvalue weighted by molar-refractivity contribution is 6.01. The number of ketones is 1. The van der Waals surface area contributed by atoms with Gasteiger partial charge in [-0.05, 0) is 12.1 Å². The Kier molecular flexibility index (Phi) is 2.46. The molecule has 84 valence electrons. The Morgan fingerprint density at radius 2 is 1.82 bits per heavy atom. The zero-order valence-electron chi connectivity index (χ0n) is 9.11. The second kappa shape index (κ2) is 4.11. The van der Waals surface area contributed by atoms with Crippen LogP contribution in [-0.2, 0) is 4.74 Å². The van der Waals surface area contributed by atoms with E-state index in [-0.39, 0.29) is 18.0 Å². The molecule has 1 aliphatic rings. The van der Waals surface area contributed by atoms with Gasteiger partial charge in [0.05, 0.1) is 5.69 Å². The first kappa shape index (κ1) is 10.2. The van der Waals surface area contributed by atoms with Crippen molar-refractivity contribution in [3.8, 4) is 0 Å². The van der Waals surface area contributed by atoms with Crippen LogP contribution in [0.3, 0.4) is 0 Å². The Hall–Kier alpha value is -2.00. The second-order valence-corrected chi connectivity index (χ2v) is 3.96. The van der Waals surface area contributed by atoms with Gasteiger partial charge in [-0.3, -0.25) is 9.78 Å². The highest BCUT2D eigenvalue weighted by Crippen LogP contribution is 2.39. The summed E-state index contributed by atoms with van der Waals surface area (Å²) in [4.78, 5) is 16.2. The van der Waals surface area contributed by atoms with Crippen LogP contribution in [0.2, 0.25) is 0 Å². The van der Waals surface area contributed by atoms with Crippen molar-refractivity contribution in [1.29, 1.82) is 0 Å². The number of epoxide rings is 1. The quantitative estimate of drug-likeness (QED) is 0.595. The molecular weight excluding hydrogens is 214 g/mol. The van der Waals surface area contributed by atoms with Gasteiger partial charge in [-0.2, -0.15) is 0 Å². The van der Waals surface area contributed by atoms with Gasteiger partial charge in [0.15, 0.2) is 11.9 Å². The van der Waals surface area contributed by atoms with E-state index < -0.39 is 0 Å². The van der Waals surface area contributed by atoms with E-state index in [0.29, 0.717) is 5.56 Å². The first-order valence-corrected chi connectivity index (χ1v) is 5.52. The van der Waals surface area contributed by atoms with E-state index >= 15 is 0 Å². The van der Waals surface area contributed by atoms with Crippen LogP contribution in [0, 0.1) is 0 Å². The average molecular weight is 225 g/mol. The third kappa shape index (κ3) is 1.97. The number of pyridine rings is 1. The molecule has 1 aliphatic heterocycles. The van der Waals surface area contributed by atoms with Crippen LogP contribution < -0.4 is 0 Å². The van der Waals surface area contributed by atoms with Gasteiger partial charge in [0.1, 0.15) is 6.10 Å². The first-order chi connectivity index (χ1) is 8.36. The van der Waals surface area contributed by atoms with Gasteiger partial charge >= 0.3 is 0 Å². The number of carbonyl (C=O) groups excluding carboxylic acids is 1. The van der Waals surface area contributed by atoms with Gasteiger partial charge in [-0.1, -0.05) is 36.4 Å². The molecule has 0 amide bonds. The normalized spacial score (nSPS) is 22.1. The van der Waals surface area contributed by atoms with Crippen LogP contribution in [0.1, 0.15) is 22.2 Å². The molecule has 17 heavy (non-hydrogen) atoms. The summed E-state index contributed by atoms with van der Waals surface area (Å²) in [6.07, 6.45) is 1.16. The van der Waals surface area contributed by atoms with Gasteiger partial charge in [-0.15, -0.1) is 0 Å². The van der Waals surface area contributed by atoms with E-state index in [1.54, 1.807) is 18.3 Å². The van der Waals surface area contributed by atoms with Crippen LogP contribution in [0.4, 0.5) is 0 Å². The number of rotatable bonds is 3. The third-order valence-electron chi connectivity index (χ3n) is 2.79. The van der Waals surface area contributed by atoms with E-state index in [9.17, 15) is 4.79 Å². The molecule has 2 aromatic rings. The van der Waals surface area contributed by atoms with Crippen LogP contribution >= 0.6 is 0 Å². The maximum Gasteiger partial charge on any atom is 0.194 e. The lowest BCUT2D eigenvalue weighted by molar-refractivity contribution is 0.0953. The molecule has 3 heteroatoms. The molecule has 0 radical (unpaired) electrons. The molecule has 2 heterocycles. The molecule has 1 fully saturated rings. The summed E-state index contributed by atoms with van der Waals surface area (Å²) < 4.78 is 5.41. The van der Waals surface area contributed by atoms with Gasteiger partial charge in [0.25, 0.3) is 0 Å². The molecular formula is C14H11NO2. The summed E-state index contributed by atoms with van der Waals surface area (Å²) in [6.45, 7) is 0. The van der Waals surface area contributed by atoms with Crippen molar-refractivity contribution in [2.45, 2.75) is 12.2 Å². The SMILES string of the molecule is O=C(c1ccccc1)[C@H]1O[C@@H]1c1ccccn1. The zero-order valence-corrected chi connectivity index (χ0v) is 9.11. The smallest absolute Gasteiger partial charge is 0.194 e. The fourth-order valence-corrected chi connectivity index (χ4v) is 1.85. The van der Waals surface area contributed by atoms with Crippen molar-refractivity contribution in [3.63, 3.8) is 0 Å². The second-order valence-electron chi connectivity index (χ2n) is 3.96. The molecule has 3 rings (SSSR count). The predicted octanol–water partition coefficient (Wildman–Crippen LogP) is 2.40. The monoisotopic (exact) mass is 225 g/mol. The molecule has 2 atom stereocenters. The molecule has 0 saturated carbocycles. The van der Waals surface area contributed by atoms with Crippen molar-refractivity contribution < 1.29 is 9.53 Å². The molecule has 0 spiro atoms. The fourth-order valence-electron chi connectivity index (χ4n) is 1.85. The molecule has 0 aliphatic carbocycles. The van der Waals surface area contributed by atoms with E-state index in [4.69, 9.17) is 4.74 Å². The van der Waals surface area contributed by atoms with Gasteiger partial charge in [0, 0.05) is 11.8 Å². The minimum absolute atomic E-state index is 0.0289. The topological polar surface area (TPSA) is 42.5 Å². The highest BCUT2D eigenvalue weighted by Gasteiger charge is 2.46. The van der Waals surface area contributed by atoms with E-state index in [1.165, 1.54) is 0 Å². The summed E-state index contributed by atoms with van der Waals surface area (Å²) in [5, 5.41) is 0. The van der Waals surface area contributed by atoms with E-state index in [1.807, 2.05) is 36.4 Å². The Labute approximate surface area is 99.1 Å². The third-order valence-corrected chi connectivity index (χ3v) is 2.79. The maximum absolute atomic E-state index is 12.0. The zero-order chi connectivity index (χ0) is 11.7. The predicted molar refractivity (Wildman–Crippen MR) is 62.6 cm³/mol. The number of carbonyl (C=O) groups is 1. The number of ether oxygens (including phenoxy) is 1. The number of Topliss-reactive ketones (excluding diaryl/α,β-unsaturated/α-hetero) is 1. The number of hydrogen-bond acceptors (Lipinski definition) is 3. The van der Waals surface area contributed by atoms with Crippen molar-refractivity contribution >= 4 is 5.78 Å². The summed E-state index contributed by atoms with van der Waals surface area (Å²) >= 11 is 0. The fraction of sp³-hybridized carbons (Fsp3) is 0.143. The number of nitrogens with zero attached hydrogens (tertiary/aromatic N) is 1. The largest absolute Gasteiger partial charge is 0.354 e. The average Bonchev–Trinajstić information content (AvgIpc) is 3.20. The molecule has 1 aromatic carbocycles. The summed E-state index contributed by atoms with van der Waals surface area (Å²) in [5.41, 5.74) is 1.51. The standard InChI is InChI=1S/C14H11NO2/c16-12(10-6-2-1-3-7-10)14-13(17-14)11-8-4-5-9-15-11/h1-9,13-14H/t13-,14-/m1/s1. The molecule has 0 unspecified atom stereocenters. The highest BCUT2D eigenvalue weighted by atomic mass is 16.6. The van der Waals surface area contributed by atoms with Crippen molar-refractivity contribution in [2.75, 3.05) is 0 Å². The van der Waals surface area contributed by atoms with Crippen molar-refractivity contribution in [3.05, 3.63) is 66.0 Å². The molecule has 0 bridgehead atoms. The maximum atomic E-state index is 12.0. The minimum Gasteiger partial charge on any atom is -0.354 e. The van der Waals surface area contributed by atoms with Gasteiger partial charge < -0.3 is 4.74 Å². The number of hydrogen-bond donors (Lipinski definition) is 0. The van der Waals surface area contributed by atoms with Gasteiger partial charge in [-0.25, -0.2) is 0 Å². The van der Waals surface area contributed by atoms with E-state index in [0.717, 1.165) is 5.69 Å². The molecule has 1 saturated heterocycles. The van der Waals surface area contributed by atoms with E-state index in [2.05, 4.69) is 4.98 Å². The van der Waals surface area contributed by atoms with Crippen LogP contribution in [0.15, 0.2) is 54.7 Å². The van der Waals surface area contributed by atoms with Crippen LogP contribution in [0.25, 0.3) is 0 Å². The number of benzene rings is 1. The Balaban J connectivity index is 1.76. The summed E-state index contributed by atoms with van der Waals surface area (Å²) in [7, 11) is 0. The number of aromatic nitrogens is 1. The summed E-state index contributed by atoms with van der Waals surface area (Å²) in [6, 6.07) is 14.8. The minimum atomic E-state index is -0.368. The lowest BCUT2D eigenvalue weighted by atomic mass is 10.1. The molecule has 3 nitrogen and oxygen atoms in total. The molecule has 1 aromatic heterocycles. The first-order valence-electron chi connectivity index (χ1n) is 5.52. The van der Waals surface area contributed by atoms with Gasteiger partial charge in [0.2, 0.25) is 0 Å². The van der Waals surface area contributed by atoms with Crippen molar-refractivity contribution in [2.24, 2.45) is 0 Å². The Bertz CT molecular complexity index is 524. The van der Waals surface area contributed by atoms with Crippen LogP contribution in [-0.4, -0.2) is 16.9 Å². The van der Waals surface area contributed by atoms with Crippen molar-refractivity contribution in [1.82, 2.24) is 4.98 Å². The Morgan fingerprint density at radius 3 is 2.53 bits per heavy atom. The molecule has 0 N–H and O–H groups in total. The van der Waals surface area contributed by atoms with Crippen LogP contribution in [0.5, 0.6) is 0 Å². The Morgan fingerprint density at radius 1 is 1.06 bits per heavy atom. The summed E-state index contributed by atoms with van der Waals surface area (Å²) in [5.74, 6) is 0.0289. The lowest BCUT2D eigenvalue weighted by Crippen LogP contribution is -2.08. The lowest BCUT2D eigenvalue weighted by Gasteiger charge is -1.96.